The van der Waals surface area contributed by atoms with E-state index in [1.54, 1.807) is 65.6 Å². The molecule has 7 nitrogen and oxygen atoms in total. The van der Waals surface area contributed by atoms with E-state index in [-0.39, 0.29) is 11.5 Å². The highest BCUT2D eigenvalue weighted by molar-refractivity contribution is 7.89. The maximum absolute atomic E-state index is 13.1. The summed E-state index contributed by atoms with van der Waals surface area (Å²) in [4.78, 5) is 13.1. The van der Waals surface area contributed by atoms with Crippen molar-refractivity contribution in [3.05, 3.63) is 77.3 Å². The number of hydrogen-bond acceptors (Lipinski definition) is 5. The van der Waals surface area contributed by atoms with Crippen LogP contribution in [0.2, 0.25) is 5.02 Å². The molecule has 0 aliphatic heterocycles. The van der Waals surface area contributed by atoms with Gasteiger partial charge < -0.3 is 9.73 Å². The average molecular weight is 430 g/mol. The van der Waals surface area contributed by atoms with Gasteiger partial charge in [-0.1, -0.05) is 29.8 Å². The molecule has 1 N–H and O–H groups in total. The highest BCUT2D eigenvalue weighted by Crippen LogP contribution is 2.30. The van der Waals surface area contributed by atoms with E-state index in [0.29, 0.717) is 32.9 Å². The molecule has 0 aliphatic carbocycles. The standard InChI is InChI=1S/C20H16ClN3O4S/c1-29(26,27)12-15-14-5-2-3-6-18(14)28-19(15)20(25)23-16-11-13(21)7-8-17(16)24-10-4-9-22-24/h2-11H,12H2,1H3,(H,23,25). The Hall–Kier alpha value is -3.10. The predicted molar refractivity (Wildman–Crippen MR) is 111 cm³/mol. The number of anilines is 1. The number of halogens is 1. The van der Waals surface area contributed by atoms with Crippen molar-refractivity contribution < 1.29 is 17.6 Å². The Morgan fingerprint density at radius 1 is 1.21 bits per heavy atom. The number of benzene rings is 2. The first-order valence-corrected chi connectivity index (χ1v) is 11.0. The summed E-state index contributed by atoms with van der Waals surface area (Å²) in [5.41, 5.74) is 1.78. The van der Waals surface area contributed by atoms with E-state index in [2.05, 4.69) is 10.4 Å². The molecule has 1 amide bonds. The quantitative estimate of drug-likeness (QED) is 0.516. The number of rotatable bonds is 5. The van der Waals surface area contributed by atoms with Gasteiger partial charge in [0.1, 0.15) is 5.58 Å². The molecule has 148 valence electrons. The molecule has 0 bridgehead atoms. The van der Waals surface area contributed by atoms with Gasteiger partial charge in [0.15, 0.2) is 15.6 Å². The molecule has 0 spiro atoms. The average Bonchev–Trinajstić information content (AvgIpc) is 3.29. The SMILES string of the molecule is CS(=O)(=O)Cc1c(C(=O)Nc2cc(Cl)ccc2-n2cccn2)oc2ccccc12. The molecule has 2 aromatic carbocycles. The Morgan fingerprint density at radius 3 is 2.72 bits per heavy atom. The second-order valence-electron chi connectivity index (χ2n) is 6.54. The van der Waals surface area contributed by atoms with Crippen LogP contribution in [0.4, 0.5) is 5.69 Å². The molecule has 0 fully saturated rings. The lowest BCUT2D eigenvalue weighted by Gasteiger charge is -2.11. The molecule has 2 aromatic heterocycles. The van der Waals surface area contributed by atoms with Crippen LogP contribution in [0, 0.1) is 0 Å². The van der Waals surface area contributed by atoms with Crippen molar-refractivity contribution >= 4 is 44.0 Å². The highest BCUT2D eigenvalue weighted by atomic mass is 35.5. The Bertz CT molecular complexity index is 1310. The number of hydrogen-bond donors (Lipinski definition) is 1. The van der Waals surface area contributed by atoms with E-state index in [1.807, 2.05) is 0 Å². The Kier molecular flexibility index (Phi) is 4.89. The monoisotopic (exact) mass is 429 g/mol. The number of carbonyl (C=O) groups is 1. The molecule has 2 heterocycles. The summed E-state index contributed by atoms with van der Waals surface area (Å²) in [5.74, 6) is -0.938. The first kappa shape index (κ1) is 19.2. The molecule has 0 aliphatic rings. The minimum Gasteiger partial charge on any atom is -0.451 e. The summed E-state index contributed by atoms with van der Waals surface area (Å²) < 4.78 is 31.1. The zero-order valence-corrected chi connectivity index (χ0v) is 16.9. The third-order valence-corrected chi connectivity index (χ3v) is 5.32. The number of fused-ring (bicyclic) bond motifs is 1. The largest absolute Gasteiger partial charge is 0.451 e. The Labute approximate surface area is 171 Å². The first-order chi connectivity index (χ1) is 13.8. The second kappa shape index (κ2) is 7.38. The molecule has 0 atom stereocenters. The molecule has 4 aromatic rings. The zero-order valence-electron chi connectivity index (χ0n) is 15.3. The lowest BCUT2D eigenvalue weighted by Crippen LogP contribution is -2.16. The van der Waals surface area contributed by atoms with Crippen LogP contribution >= 0.6 is 11.6 Å². The van der Waals surface area contributed by atoms with Crippen molar-refractivity contribution in [1.82, 2.24) is 9.78 Å². The van der Waals surface area contributed by atoms with Crippen molar-refractivity contribution in [2.45, 2.75) is 5.75 Å². The van der Waals surface area contributed by atoms with Crippen molar-refractivity contribution in [2.24, 2.45) is 0 Å². The van der Waals surface area contributed by atoms with Gasteiger partial charge >= 0.3 is 0 Å². The number of nitrogens with zero attached hydrogens (tertiary/aromatic N) is 2. The maximum Gasteiger partial charge on any atom is 0.291 e. The van der Waals surface area contributed by atoms with Crippen LogP contribution in [0.15, 0.2) is 65.3 Å². The summed E-state index contributed by atoms with van der Waals surface area (Å²) in [7, 11) is -3.39. The van der Waals surface area contributed by atoms with Crippen LogP contribution < -0.4 is 5.32 Å². The van der Waals surface area contributed by atoms with Crippen LogP contribution in [0.3, 0.4) is 0 Å². The van der Waals surface area contributed by atoms with E-state index in [4.69, 9.17) is 16.0 Å². The molecule has 0 radical (unpaired) electrons. The molecular formula is C20H16ClN3O4S. The summed E-state index contributed by atoms with van der Waals surface area (Å²) in [6.07, 6.45) is 4.46. The highest BCUT2D eigenvalue weighted by Gasteiger charge is 2.24. The summed E-state index contributed by atoms with van der Waals surface area (Å²) in [6.45, 7) is 0. The van der Waals surface area contributed by atoms with Crippen molar-refractivity contribution in [3.63, 3.8) is 0 Å². The van der Waals surface area contributed by atoms with E-state index in [0.717, 1.165) is 6.26 Å². The molecule has 4 rings (SSSR count). The third-order valence-electron chi connectivity index (χ3n) is 4.27. The lowest BCUT2D eigenvalue weighted by molar-refractivity contribution is 0.0998. The van der Waals surface area contributed by atoms with Crippen LogP contribution in [0.1, 0.15) is 16.1 Å². The number of nitrogens with one attached hydrogen (secondary N) is 1. The fraction of sp³-hybridized carbons (Fsp3) is 0.100. The molecular weight excluding hydrogens is 414 g/mol. The first-order valence-electron chi connectivity index (χ1n) is 8.61. The minimum absolute atomic E-state index is 0.0528. The van der Waals surface area contributed by atoms with E-state index < -0.39 is 15.7 Å². The molecule has 9 heteroatoms. The van der Waals surface area contributed by atoms with Crippen LogP contribution in [0.5, 0.6) is 0 Å². The second-order valence-corrected chi connectivity index (χ2v) is 9.12. The smallest absolute Gasteiger partial charge is 0.291 e. The molecule has 0 saturated heterocycles. The molecule has 0 unspecified atom stereocenters. The van der Waals surface area contributed by atoms with Crippen molar-refractivity contribution in [3.8, 4) is 5.69 Å². The van der Waals surface area contributed by atoms with E-state index >= 15 is 0 Å². The zero-order chi connectivity index (χ0) is 20.6. The number of aromatic nitrogens is 2. The number of furan rings is 1. The topological polar surface area (TPSA) is 94.2 Å². The fourth-order valence-corrected chi connectivity index (χ4v) is 4.07. The predicted octanol–water partition coefficient (Wildman–Crippen LogP) is 4.07. The minimum atomic E-state index is -3.39. The molecule has 29 heavy (non-hydrogen) atoms. The van der Waals surface area contributed by atoms with Gasteiger partial charge in [0.2, 0.25) is 0 Å². The fourth-order valence-electron chi connectivity index (χ4n) is 3.09. The van der Waals surface area contributed by atoms with Crippen LogP contribution in [0.25, 0.3) is 16.7 Å². The van der Waals surface area contributed by atoms with Crippen molar-refractivity contribution in [2.75, 3.05) is 11.6 Å². The number of carbonyl (C=O) groups excluding carboxylic acids is 1. The summed E-state index contributed by atoms with van der Waals surface area (Å²) >= 11 is 6.11. The van der Waals surface area contributed by atoms with Gasteiger partial charge in [-0.25, -0.2) is 13.1 Å². The Morgan fingerprint density at radius 2 is 2.00 bits per heavy atom. The van der Waals surface area contributed by atoms with Gasteiger partial charge in [0.25, 0.3) is 5.91 Å². The third kappa shape index (κ3) is 4.03. The summed E-state index contributed by atoms with van der Waals surface area (Å²) in [6, 6.07) is 13.7. The number of para-hydroxylation sites is 1. The van der Waals surface area contributed by atoms with Crippen molar-refractivity contribution in [1.29, 1.82) is 0 Å². The lowest BCUT2D eigenvalue weighted by atomic mass is 10.1. The van der Waals surface area contributed by atoms with Crippen LogP contribution in [-0.4, -0.2) is 30.4 Å². The Balaban J connectivity index is 1.78. The van der Waals surface area contributed by atoms with Gasteiger partial charge in [0.05, 0.1) is 17.1 Å². The van der Waals surface area contributed by atoms with Gasteiger partial charge in [0, 0.05) is 34.6 Å². The van der Waals surface area contributed by atoms with Gasteiger partial charge in [-0.3, -0.25) is 4.79 Å². The van der Waals surface area contributed by atoms with Crippen LogP contribution in [-0.2, 0) is 15.6 Å². The van der Waals surface area contributed by atoms with Gasteiger partial charge in [-0.15, -0.1) is 0 Å². The molecule has 0 saturated carbocycles. The number of amides is 1. The van der Waals surface area contributed by atoms with E-state index in [1.165, 1.54) is 0 Å². The number of sulfone groups is 1. The normalized spacial score (nSPS) is 11.7. The van der Waals surface area contributed by atoms with Gasteiger partial charge in [-0.2, -0.15) is 5.10 Å². The summed E-state index contributed by atoms with van der Waals surface area (Å²) in [5, 5.41) is 7.96. The van der Waals surface area contributed by atoms with E-state index in [9.17, 15) is 13.2 Å². The maximum atomic E-state index is 13.1. The van der Waals surface area contributed by atoms with Gasteiger partial charge in [-0.05, 0) is 30.3 Å².